The number of carbonyl (C=O) groups excluding carboxylic acids is 1. The molecule has 1 fully saturated rings. The molecule has 1 aliphatic heterocycles. The summed E-state index contributed by atoms with van der Waals surface area (Å²) in [5, 5.41) is 0. The van der Waals surface area contributed by atoms with E-state index in [9.17, 15) is 4.79 Å². The number of piperazine rings is 1. The first-order valence-corrected chi connectivity index (χ1v) is 8.37. The van der Waals surface area contributed by atoms with Crippen LogP contribution in [0.15, 0.2) is 48.5 Å². The van der Waals surface area contributed by atoms with Crippen molar-refractivity contribution in [2.75, 3.05) is 38.2 Å². The number of ketones is 1. The third-order valence-corrected chi connectivity index (χ3v) is 4.60. The number of anilines is 1. The largest absolute Gasteiger partial charge is 0.496 e. The summed E-state index contributed by atoms with van der Waals surface area (Å²) in [5.74, 6) is 1.07. The van der Waals surface area contributed by atoms with Gasteiger partial charge in [0, 0.05) is 49.5 Å². The standard InChI is InChI=1S/C20H24N2O2/c1-16(23)17-7-9-19(10-8-17)22-13-11-21(12-14-22)15-18-5-3-4-6-20(18)24-2/h3-10H,11-15H2,1-2H3. The highest BCUT2D eigenvalue weighted by atomic mass is 16.5. The monoisotopic (exact) mass is 324 g/mol. The van der Waals surface area contributed by atoms with E-state index in [4.69, 9.17) is 4.74 Å². The predicted molar refractivity (Wildman–Crippen MR) is 96.9 cm³/mol. The van der Waals surface area contributed by atoms with Gasteiger partial charge in [0.1, 0.15) is 5.75 Å². The molecule has 1 saturated heterocycles. The van der Waals surface area contributed by atoms with E-state index in [-0.39, 0.29) is 5.78 Å². The SMILES string of the molecule is COc1ccccc1CN1CCN(c2ccc(C(C)=O)cc2)CC1. The number of nitrogens with zero attached hydrogens (tertiary/aromatic N) is 2. The van der Waals surface area contributed by atoms with Crippen LogP contribution in [0.5, 0.6) is 5.75 Å². The second-order valence-electron chi connectivity index (χ2n) is 6.18. The van der Waals surface area contributed by atoms with Crippen molar-refractivity contribution in [3.05, 3.63) is 59.7 Å². The van der Waals surface area contributed by atoms with Gasteiger partial charge in [0.05, 0.1) is 7.11 Å². The number of methoxy groups -OCH3 is 1. The minimum atomic E-state index is 0.114. The van der Waals surface area contributed by atoms with Crippen LogP contribution in [0.4, 0.5) is 5.69 Å². The molecule has 0 unspecified atom stereocenters. The normalized spacial score (nSPS) is 15.3. The molecule has 126 valence electrons. The van der Waals surface area contributed by atoms with Gasteiger partial charge in [-0.2, -0.15) is 0 Å². The first-order chi connectivity index (χ1) is 11.7. The molecule has 4 nitrogen and oxygen atoms in total. The Hall–Kier alpha value is -2.33. The number of carbonyl (C=O) groups is 1. The maximum atomic E-state index is 11.4. The highest BCUT2D eigenvalue weighted by Gasteiger charge is 2.18. The Morgan fingerprint density at radius 2 is 1.67 bits per heavy atom. The van der Waals surface area contributed by atoms with Gasteiger partial charge in [0.2, 0.25) is 0 Å². The Morgan fingerprint density at radius 1 is 1.00 bits per heavy atom. The maximum absolute atomic E-state index is 11.4. The summed E-state index contributed by atoms with van der Waals surface area (Å²) >= 11 is 0. The highest BCUT2D eigenvalue weighted by Crippen LogP contribution is 2.22. The fourth-order valence-corrected chi connectivity index (χ4v) is 3.15. The molecule has 1 heterocycles. The fourth-order valence-electron chi connectivity index (χ4n) is 3.15. The van der Waals surface area contributed by atoms with Gasteiger partial charge < -0.3 is 9.64 Å². The number of hydrogen-bond acceptors (Lipinski definition) is 4. The lowest BCUT2D eigenvalue weighted by Crippen LogP contribution is -2.46. The summed E-state index contributed by atoms with van der Waals surface area (Å²) < 4.78 is 5.44. The van der Waals surface area contributed by atoms with Crippen LogP contribution < -0.4 is 9.64 Å². The van der Waals surface area contributed by atoms with Crippen LogP contribution >= 0.6 is 0 Å². The lowest BCUT2D eigenvalue weighted by atomic mass is 10.1. The maximum Gasteiger partial charge on any atom is 0.159 e. The van der Waals surface area contributed by atoms with E-state index in [1.165, 1.54) is 11.3 Å². The highest BCUT2D eigenvalue weighted by molar-refractivity contribution is 5.94. The zero-order chi connectivity index (χ0) is 16.9. The Morgan fingerprint density at radius 3 is 2.29 bits per heavy atom. The first-order valence-electron chi connectivity index (χ1n) is 8.37. The summed E-state index contributed by atoms with van der Waals surface area (Å²) in [6, 6.07) is 16.1. The summed E-state index contributed by atoms with van der Waals surface area (Å²) in [6.45, 7) is 6.55. The molecule has 2 aromatic carbocycles. The van der Waals surface area contributed by atoms with E-state index in [1.54, 1.807) is 14.0 Å². The van der Waals surface area contributed by atoms with Gasteiger partial charge in [-0.3, -0.25) is 9.69 Å². The third kappa shape index (κ3) is 3.77. The molecule has 24 heavy (non-hydrogen) atoms. The zero-order valence-electron chi connectivity index (χ0n) is 14.4. The van der Waals surface area contributed by atoms with Gasteiger partial charge >= 0.3 is 0 Å². The van der Waals surface area contributed by atoms with Crippen LogP contribution in [0.1, 0.15) is 22.8 Å². The van der Waals surface area contributed by atoms with Crippen LogP contribution in [0, 0.1) is 0 Å². The second kappa shape index (κ2) is 7.49. The van der Waals surface area contributed by atoms with Crippen molar-refractivity contribution in [3.8, 4) is 5.75 Å². The van der Waals surface area contributed by atoms with Gasteiger partial charge in [0.25, 0.3) is 0 Å². The molecule has 3 rings (SSSR count). The lowest BCUT2D eigenvalue weighted by molar-refractivity contribution is 0.101. The molecule has 0 N–H and O–H groups in total. The summed E-state index contributed by atoms with van der Waals surface area (Å²) in [5.41, 5.74) is 3.20. The molecule has 4 heteroatoms. The van der Waals surface area contributed by atoms with Crippen molar-refractivity contribution in [1.29, 1.82) is 0 Å². The number of hydrogen-bond donors (Lipinski definition) is 0. The summed E-state index contributed by atoms with van der Waals surface area (Å²) in [6.07, 6.45) is 0. The zero-order valence-corrected chi connectivity index (χ0v) is 14.4. The molecule has 0 aromatic heterocycles. The van der Waals surface area contributed by atoms with Crippen molar-refractivity contribution in [3.63, 3.8) is 0 Å². The molecule has 0 atom stereocenters. The van der Waals surface area contributed by atoms with E-state index in [2.05, 4.69) is 21.9 Å². The van der Waals surface area contributed by atoms with E-state index in [0.29, 0.717) is 0 Å². The first kappa shape index (κ1) is 16.5. The van der Waals surface area contributed by atoms with Crippen LogP contribution in [-0.2, 0) is 6.54 Å². The van der Waals surface area contributed by atoms with Crippen molar-refractivity contribution < 1.29 is 9.53 Å². The van der Waals surface area contributed by atoms with Crippen molar-refractivity contribution in [2.45, 2.75) is 13.5 Å². The minimum Gasteiger partial charge on any atom is -0.496 e. The molecule has 2 aromatic rings. The predicted octanol–water partition coefficient (Wildman–Crippen LogP) is 3.22. The number of rotatable bonds is 5. The van der Waals surface area contributed by atoms with Crippen LogP contribution in [-0.4, -0.2) is 44.0 Å². The Balaban J connectivity index is 1.58. The molecule has 0 radical (unpaired) electrons. The van der Waals surface area contributed by atoms with Gasteiger partial charge in [-0.25, -0.2) is 0 Å². The Bertz CT molecular complexity index is 689. The number of Topliss-reactive ketones (excluding diaryl/α,β-unsaturated/α-hetero) is 1. The fraction of sp³-hybridized carbons (Fsp3) is 0.350. The van der Waals surface area contributed by atoms with Crippen LogP contribution in [0.25, 0.3) is 0 Å². The molecule has 0 saturated carbocycles. The smallest absolute Gasteiger partial charge is 0.159 e. The van der Waals surface area contributed by atoms with Crippen LogP contribution in [0.2, 0.25) is 0 Å². The summed E-state index contributed by atoms with van der Waals surface area (Å²) in [7, 11) is 1.72. The van der Waals surface area contributed by atoms with Gasteiger partial charge in [-0.05, 0) is 37.3 Å². The van der Waals surface area contributed by atoms with Crippen molar-refractivity contribution >= 4 is 11.5 Å². The Kier molecular flexibility index (Phi) is 5.16. The molecule has 0 amide bonds. The second-order valence-corrected chi connectivity index (χ2v) is 6.18. The molecule has 0 spiro atoms. The average molecular weight is 324 g/mol. The van der Waals surface area contributed by atoms with Gasteiger partial charge in [-0.15, -0.1) is 0 Å². The molecule has 0 aliphatic carbocycles. The van der Waals surface area contributed by atoms with Gasteiger partial charge in [0.15, 0.2) is 5.78 Å². The topological polar surface area (TPSA) is 32.8 Å². The number of benzene rings is 2. The Labute approximate surface area is 143 Å². The lowest BCUT2D eigenvalue weighted by Gasteiger charge is -2.36. The molecular formula is C20H24N2O2. The van der Waals surface area contributed by atoms with Crippen molar-refractivity contribution in [1.82, 2.24) is 4.90 Å². The third-order valence-electron chi connectivity index (χ3n) is 4.60. The van der Waals surface area contributed by atoms with E-state index in [1.807, 2.05) is 36.4 Å². The summed E-state index contributed by atoms with van der Waals surface area (Å²) in [4.78, 5) is 16.2. The van der Waals surface area contributed by atoms with Gasteiger partial charge in [-0.1, -0.05) is 18.2 Å². The van der Waals surface area contributed by atoms with E-state index < -0.39 is 0 Å². The van der Waals surface area contributed by atoms with Crippen molar-refractivity contribution in [2.24, 2.45) is 0 Å². The van der Waals surface area contributed by atoms with E-state index in [0.717, 1.165) is 44.0 Å². The quantitative estimate of drug-likeness (QED) is 0.791. The molecule has 1 aliphatic rings. The average Bonchev–Trinajstić information content (AvgIpc) is 2.63. The van der Waals surface area contributed by atoms with Crippen LogP contribution in [0.3, 0.4) is 0 Å². The molecule has 0 bridgehead atoms. The minimum absolute atomic E-state index is 0.114. The van der Waals surface area contributed by atoms with E-state index >= 15 is 0 Å². The molecular weight excluding hydrogens is 300 g/mol. The number of ether oxygens (including phenoxy) is 1. The number of para-hydroxylation sites is 1.